The number of sulfone groups is 1. The highest BCUT2D eigenvalue weighted by Crippen LogP contribution is 2.40. The van der Waals surface area contributed by atoms with Crippen LogP contribution in [0.2, 0.25) is 0 Å². The van der Waals surface area contributed by atoms with E-state index in [1.54, 1.807) is 12.1 Å². The van der Waals surface area contributed by atoms with Crippen molar-refractivity contribution in [3.8, 4) is 0 Å². The molecule has 0 spiro atoms. The lowest BCUT2D eigenvalue weighted by Gasteiger charge is -2.37. The molecule has 2 aromatic heterocycles. The van der Waals surface area contributed by atoms with Crippen molar-refractivity contribution < 1.29 is 17.3 Å². The van der Waals surface area contributed by atoms with Gasteiger partial charge >= 0.3 is 11.3 Å². The van der Waals surface area contributed by atoms with Crippen LogP contribution in [0.4, 0.5) is 11.4 Å². The number of anilines is 2. The van der Waals surface area contributed by atoms with Gasteiger partial charge in [0.2, 0.25) is 9.84 Å². The van der Waals surface area contributed by atoms with E-state index >= 15 is 0 Å². The van der Waals surface area contributed by atoms with Gasteiger partial charge in [0.1, 0.15) is 11.2 Å². The van der Waals surface area contributed by atoms with Gasteiger partial charge in [0.25, 0.3) is 0 Å². The van der Waals surface area contributed by atoms with E-state index in [4.69, 9.17) is 8.83 Å². The quantitative estimate of drug-likeness (QED) is 0.360. The standard InChI is InChI=1S/C28H28N2O6S/c1-3-29(4-2)20-10-9-17-14-23(27(31)35-22(17)16-20)37(33,34)24-15-19-13-18-7-5-11-30-12-6-8-21(25(18)30)26(19)36-28(24)32/h9-10,13-16H,3-8,11-12H2,1-2H3. The molecule has 192 valence electrons. The Hall–Kier alpha value is -3.59. The summed E-state index contributed by atoms with van der Waals surface area (Å²) in [5, 5.41) is 1.02. The van der Waals surface area contributed by atoms with E-state index < -0.39 is 30.9 Å². The Balaban J connectivity index is 1.50. The van der Waals surface area contributed by atoms with Gasteiger partial charge in [-0.2, -0.15) is 0 Å². The number of nitrogens with zero attached hydrogens (tertiary/aromatic N) is 2. The van der Waals surface area contributed by atoms with Gasteiger partial charge in [-0.1, -0.05) is 0 Å². The summed E-state index contributed by atoms with van der Waals surface area (Å²) < 4.78 is 38.3. The van der Waals surface area contributed by atoms with Crippen LogP contribution < -0.4 is 21.1 Å². The topological polar surface area (TPSA) is 101 Å². The Morgan fingerprint density at radius 1 is 0.865 bits per heavy atom. The van der Waals surface area contributed by atoms with Crippen LogP contribution in [0.15, 0.2) is 64.6 Å². The summed E-state index contributed by atoms with van der Waals surface area (Å²) in [5.41, 5.74) is 2.83. The van der Waals surface area contributed by atoms with Gasteiger partial charge in [-0.25, -0.2) is 18.0 Å². The molecule has 8 nitrogen and oxygen atoms in total. The van der Waals surface area contributed by atoms with Gasteiger partial charge in [0, 0.05) is 60.0 Å². The van der Waals surface area contributed by atoms with Crippen LogP contribution in [-0.2, 0) is 22.7 Å². The van der Waals surface area contributed by atoms with E-state index in [2.05, 4.69) is 9.80 Å². The normalized spacial score (nSPS) is 15.2. The highest BCUT2D eigenvalue weighted by atomic mass is 32.2. The fourth-order valence-corrected chi connectivity index (χ4v) is 7.11. The van der Waals surface area contributed by atoms with Gasteiger partial charge in [0.15, 0.2) is 9.79 Å². The maximum atomic E-state index is 13.6. The van der Waals surface area contributed by atoms with Crippen molar-refractivity contribution in [2.75, 3.05) is 36.0 Å². The van der Waals surface area contributed by atoms with Crippen molar-refractivity contribution in [3.05, 3.63) is 68.4 Å². The van der Waals surface area contributed by atoms with Gasteiger partial charge in [0.05, 0.1) is 0 Å². The van der Waals surface area contributed by atoms with Crippen LogP contribution in [0.25, 0.3) is 21.9 Å². The lowest BCUT2D eigenvalue weighted by atomic mass is 9.90. The molecule has 9 heteroatoms. The minimum atomic E-state index is -4.49. The molecule has 37 heavy (non-hydrogen) atoms. The third kappa shape index (κ3) is 3.75. The first-order valence-corrected chi connectivity index (χ1v) is 14.3. The van der Waals surface area contributed by atoms with Crippen LogP contribution >= 0.6 is 0 Å². The number of benzene rings is 2. The molecular weight excluding hydrogens is 492 g/mol. The second-order valence-corrected chi connectivity index (χ2v) is 11.6. The number of aryl methyl sites for hydroxylation is 2. The minimum Gasteiger partial charge on any atom is -0.422 e. The highest BCUT2D eigenvalue weighted by Gasteiger charge is 2.31. The molecule has 0 saturated heterocycles. The van der Waals surface area contributed by atoms with Crippen LogP contribution in [0.5, 0.6) is 0 Å². The molecule has 4 heterocycles. The summed E-state index contributed by atoms with van der Waals surface area (Å²) in [6, 6.07) is 9.85. The van der Waals surface area contributed by atoms with Crippen molar-refractivity contribution in [1.82, 2.24) is 0 Å². The van der Waals surface area contributed by atoms with Crippen LogP contribution in [0.1, 0.15) is 37.8 Å². The molecule has 2 aliphatic rings. The average molecular weight is 521 g/mol. The van der Waals surface area contributed by atoms with Crippen LogP contribution in [-0.4, -0.2) is 34.6 Å². The minimum absolute atomic E-state index is 0.286. The van der Waals surface area contributed by atoms with Crippen molar-refractivity contribution in [1.29, 1.82) is 0 Å². The summed E-state index contributed by atoms with van der Waals surface area (Å²) in [6.07, 6.45) is 3.63. The van der Waals surface area contributed by atoms with Crippen molar-refractivity contribution in [2.45, 2.75) is 49.3 Å². The summed E-state index contributed by atoms with van der Waals surface area (Å²) in [7, 11) is -4.49. The first-order valence-electron chi connectivity index (χ1n) is 12.8. The number of hydrogen-bond acceptors (Lipinski definition) is 8. The van der Waals surface area contributed by atoms with Crippen molar-refractivity contribution in [3.63, 3.8) is 0 Å². The zero-order valence-corrected chi connectivity index (χ0v) is 21.7. The van der Waals surface area contributed by atoms with E-state index in [0.717, 1.165) is 74.4 Å². The van der Waals surface area contributed by atoms with E-state index in [9.17, 15) is 18.0 Å². The maximum Gasteiger partial charge on any atom is 0.355 e. The van der Waals surface area contributed by atoms with Crippen molar-refractivity contribution in [2.24, 2.45) is 0 Å². The SMILES string of the molecule is CCN(CC)c1ccc2cc(S(=O)(=O)c3cc4cc5c6c(c4oc3=O)CCCN6CCC5)c(=O)oc2c1. The molecule has 4 aromatic rings. The molecule has 0 N–H and O–H groups in total. The number of fused-ring (bicyclic) bond motifs is 3. The largest absolute Gasteiger partial charge is 0.422 e. The Morgan fingerprint density at radius 2 is 1.54 bits per heavy atom. The second-order valence-electron chi connectivity index (χ2n) is 9.67. The molecule has 0 saturated carbocycles. The molecule has 2 aliphatic heterocycles. The molecule has 0 amide bonds. The Morgan fingerprint density at radius 3 is 2.27 bits per heavy atom. The van der Waals surface area contributed by atoms with E-state index in [1.807, 2.05) is 26.0 Å². The fourth-order valence-electron chi connectivity index (χ4n) is 5.79. The number of hydrogen-bond donors (Lipinski definition) is 0. The smallest absolute Gasteiger partial charge is 0.355 e. The number of rotatable bonds is 5. The zero-order chi connectivity index (χ0) is 25.9. The molecule has 0 bridgehead atoms. The first-order chi connectivity index (χ1) is 17.8. The molecule has 2 aromatic carbocycles. The Kier molecular flexibility index (Phi) is 5.63. The molecular formula is C28H28N2O6S. The Bertz CT molecular complexity index is 1780. The maximum absolute atomic E-state index is 13.6. The molecule has 0 unspecified atom stereocenters. The highest BCUT2D eigenvalue weighted by molar-refractivity contribution is 7.91. The monoisotopic (exact) mass is 520 g/mol. The first kappa shape index (κ1) is 23.8. The summed E-state index contributed by atoms with van der Waals surface area (Å²) in [5.74, 6) is 0. The van der Waals surface area contributed by atoms with Crippen molar-refractivity contribution >= 4 is 43.2 Å². The van der Waals surface area contributed by atoms with Crippen LogP contribution in [0, 0.1) is 0 Å². The van der Waals surface area contributed by atoms with E-state index in [0.29, 0.717) is 16.4 Å². The van der Waals surface area contributed by atoms with Gasteiger partial charge in [-0.3, -0.25) is 0 Å². The van der Waals surface area contributed by atoms with Gasteiger partial charge in [-0.05, 0) is 75.4 Å². The van der Waals surface area contributed by atoms with E-state index in [1.165, 1.54) is 12.1 Å². The predicted octanol–water partition coefficient (Wildman–Crippen LogP) is 4.28. The average Bonchev–Trinajstić information content (AvgIpc) is 2.89. The third-order valence-electron chi connectivity index (χ3n) is 7.58. The molecule has 0 fully saturated rings. The van der Waals surface area contributed by atoms with Gasteiger partial charge in [-0.15, -0.1) is 0 Å². The molecule has 0 atom stereocenters. The summed E-state index contributed by atoms with van der Waals surface area (Å²) >= 11 is 0. The Labute approximate surface area is 214 Å². The van der Waals surface area contributed by atoms with Crippen LogP contribution in [0.3, 0.4) is 0 Å². The summed E-state index contributed by atoms with van der Waals surface area (Å²) in [4.78, 5) is 29.2. The lowest BCUT2D eigenvalue weighted by Crippen LogP contribution is -2.34. The predicted molar refractivity (Wildman–Crippen MR) is 143 cm³/mol. The lowest BCUT2D eigenvalue weighted by molar-refractivity contribution is 0.517. The fraction of sp³-hybridized carbons (Fsp3) is 0.357. The van der Waals surface area contributed by atoms with Gasteiger partial charge < -0.3 is 18.6 Å². The zero-order valence-electron chi connectivity index (χ0n) is 20.9. The van der Waals surface area contributed by atoms with E-state index in [-0.39, 0.29) is 5.58 Å². The molecule has 0 radical (unpaired) electrons. The second kappa shape index (κ2) is 8.76. The molecule has 0 aliphatic carbocycles. The summed E-state index contributed by atoms with van der Waals surface area (Å²) in [6.45, 7) is 7.54. The third-order valence-corrected chi connectivity index (χ3v) is 9.31. The molecule has 6 rings (SSSR count).